The highest BCUT2D eigenvalue weighted by molar-refractivity contribution is 5.57. The van der Waals surface area contributed by atoms with Crippen molar-refractivity contribution in [3.05, 3.63) is 155 Å². The second kappa shape index (κ2) is 14.9. The minimum atomic E-state index is 0.442. The van der Waals surface area contributed by atoms with Gasteiger partial charge in [-0.2, -0.15) is 0 Å². The molecule has 0 aliphatic rings. The topological polar surface area (TPSA) is 79.5 Å². The highest BCUT2D eigenvalue weighted by Crippen LogP contribution is 2.15. The lowest BCUT2D eigenvalue weighted by molar-refractivity contribution is 0.650. The first-order valence-corrected chi connectivity index (χ1v) is 11.3. The number of aromatic nitrogens is 3. The van der Waals surface area contributed by atoms with Crippen molar-refractivity contribution in [2.75, 3.05) is 0 Å². The average Bonchev–Trinajstić information content (AvgIpc) is 3.43. The van der Waals surface area contributed by atoms with E-state index in [9.17, 15) is 0 Å². The van der Waals surface area contributed by atoms with Crippen LogP contribution < -0.4 is 0 Å². The molecule has 0 aliphatic carbocycles. The lowest BCUT2D eigenvalue weighted by Gasteiger charge is -1.99. The van der Waals surface area contributed by atoms with Crippen molar-refractivity contribution >= 4 is 0 Å². The third-order valence-electron chi connectivity index (χ3n) is 4.90. The molecule has 0 unspecified atom stereocenters. The summed E-state index contributed by atoms with van der Waals surface area (Å²) in [7, 11) is 0. The normalized spacial score (nSPS) is 9.31. The Kier molecular flexibility index (Phi) is 10.6. The van der Waals surface area contributed by atoms with E-state index in [0.717, 1.165) is 28.9 Å². The van der Waals surface area contributed by atoms with Crippen LogP contribution in [0, 0.1) is 12.3 Å². The zero-order valence-electron chi connectivity index (χ0n) is 19.8. The molecule has 0 amide bonds. The number of terminal acetylenes is 1. The fraction of sp³-hybridized carbons (Fsp3) is 0.0667. The largest absolute Gasteiger partial charge is 0.247 e. The molecule has 1 heterocycles. The van der Waals surface area contributed by atoms with E-state index in [4.69, 9.17) is 12.0 Å². The van der Waals surface area contributed by atoms with Gasteiger partial charge in [-0.1, -0.05) is 125 Å². The molecule has 0 spiro atoms. The smallest absolute Gasteiger partial charge is 0.113 e. The van der Waals surface area contributed by atoms with Crippen molar-refractivity contribution in [2.24, 2.45) is 5.11 Å². The Balaban J connectivity index is 0.000000169. The van der Waals surface area contributed by atoms with Gasteiger partial charge >= 0.3 is 0 Å². The zero-order valence-corrected chi connectivity index (χ0v) is 19.8. The average molecular weight is 471 g/mol. The van der Waals surface area contributed by atoms with Gasteiger partial charge in [-0.05, 0) is 28.8 Å². The van der Waals surface area contributed by atoms with Gasteiger partial charge in [-0.25, -0.2) is 4.68 Å². The summed E-state index contributed by atoms with van der Waals surface area (Å²) in [6.07, 6.45) is 7.07. The third-order valence-corrected chi connectivity index (χ3v) is 4.90. The van der Waals surface area contributed by atoms with Crippen molar-refractivity contribution in [3.63, 3.8) is 0 Å². The highest BCUT2D eigenvalue weighted by atomic mass is 15.4. The van der Waals surface area contributed by atoms with Crippen LogP contribution in [0.25, 0.3) is 21.7 Å². The molecule has 176 valence electrons. The maximum atomic E-state index is 7.99. The summed E-state index contributed by atoms with van der Waals surface area (Å²) in [4.78, 5) is 2.66. The number of nitrogens with zero attached hydrogens (tertiary/aromatic N) is 6. The third kappa shape index (κ3) is 9.03. The van der Waals surface area contributed by atoms with Crippen molar-refractivity contribution in [1.82, 2.24) is 15.0 Å². The number of rotatable bonds is 5. The molecule has 36 heavy (non-hydrogen) atoms. The van der Waals surface area contributed by atoms with E-state index in [1.165, 1.54) is 5.56 Å². The van der Waals surface area contributed by atoms with Gasteiger partial charge in [0.1, 0.15) is 5.69 Å². The van der Waals surface area contributed by atoms with E-state index in [2.05, 4.69) is 38.4 Å². The molecule has 4 aromatic carbocycles. The van der Waals surface area contributed by atoms with Crippen LogP contribution in [0.3, 0.4) is 0 Å². The van der Waals surface area contributed by atoms with Crippen LogP contribution in [0.5, 0.6) is 0 Å². The summed E-state index contributed by atoms with van der Waals surface area (Å²) < 4.78 is 1.86. The van der Waals surface area contributed by atoms with Gasteiger partial charge in [0.25, 0.3) is 0 Å². The van der Waals surface area contributed by atoms with Crippen molar-refractivity contribution in [3.8, 4) is 23.6 Å². The molecule has 6 nitrogen and oxygen atoms in total. The van der Waals surface area contributed by atoms with Crippen LogP contribution in [0.15, 0.2) is 133 Å². The SMILES string of the molecule is C#Cc1ccccc1.[N-]=[N+]=NCc1ccccc1.c1ccc(Cn2cc(-c3ccccc3)nn2)cc1. The van der Waals surface area contributed by atoms with Crippen LogP contribution >= 0.6 is 0 Å². The van der Waals surface area contributed by atoms with Crippen LogP contribution in [0.1, 0.15) is 16.7 Å². The molecule has 0 saturated heterocycles. The first-order chi connectivity index (χ1) is 17.8. The van der Waals surface area contributed by atoms with E-state index >= 15 is 0 Å². The highest BCUT2D eigenvalue weighted by Gasteiger charge is 2.03. The van der Waals surface area contributed by atoms with Crippen LogP contribution in [-0.4, -0.2) is 15.0 Å². The van der Waals surface area contributed by atoms with Crippen LogP contribution in [0.4, 0.5) is 0 Å². The Labute approximate surface area is 211 Å². The maximum absolute atomic E-state index is 7.99. The van der Waals surface area contributed by atoms with E-state index in [1.54, 1.807) is 0 Å². The van der Waals surface area contributed by atoms with E-state index in [1.807, 2.05) is 120 Å². The minimum absolute atomic E-state index is 0.442. The minimum Gasteiger partial charge on any atom is -0.247 e. The van der Waals surface area contributed by atoms with Gasteiger partial charge in [-0.15, -0.1) is 11.5 Å². The first kappa shape index (κ1) is 25.5. The van der Waals surface area contributed by atoms with Gasteiger partial charge in [0, 0.05) is 16.0 Å². The molecular formula is C30H26N6. The molecule has 0 saturated carbocycles. The van der Waals surface area contributed by atoms with E-state index < -0.39 is 0 Å². The number of benzene rings is 4. The predicted molar refractivity (Wildman–Crippen MR) is 145 cm³/mol. The molecule has 0 N–H and O–H groups in total. The summed E-state index contributed by atoms with van der Waals surface area (Å²) in [6, 6.07) is 39.6. The Morgan fingerprint density at radius 1 is 0.750 bits per heavy atom. The second-order valence-electron chi connectivity index (χ2n) is 7.54. The Morgan fingerprint density at radius 3 is 1.81 bits per heavy atom. The summed E-state index contributed by atoms with van der Waals surface area (Å²) in [5.41, 5.74) is 13.2. The standard InChI is InChI=1S/C15H13N3.C8H6.C7H7N3/c1-3-7-13(8-4-1)11-18-12-15(16-17-18)14-9-5-2-6-10-14;1-2-8-6-4-3-5-7-8;8-10-9-6-7-4-2-1-3-5-7/h1-10,12H,11H2;1,3-7H;1-5H,6H2. The van der Waals surface area contributed by atoms with Gasteiger partial charge < -0.3 is 0 Å². The molecule has 0 aliphatic heterocycles. The molecule has 5 aromatic rings. The van der Waals surface area contributed by atoms with Crippen molar-refractivity contribution < 1.29 is 0 Å². The molecule has 5 rings (SSSR count). The summed E-state index contributed by atoms with van der Waals surface area (Å²) in [5.74, 6) is 2.53. The van der Waals surface area contributed by atoms with Crippen LogP contribution in [0.2, 0.25) is 0 Å². The summed E-state index contributed by atoms with van der Waals surface area (Å²) in [6.45, 7) is 1.19. The lowest BCUT2D eigenvalue weighted by Crippen LogP contribution is -1.99. The fourth-order valence-corrected chi connectivity index (χ4v) is 3.12. The number of hydrogen-bond donors (Lipinski definition) is 0. The molecule has 0 fully saturated rings. The second-order valence-corrected chi connectivity index (χ2v) is 7.54. The molecule has 6 heteroatoms. The Hall–Kier alpha value is -5.11. The van der Waals surface area contributed by atoms with Crippen molar-refractivity contribution in [1.29, 1.82) is 0 Å². The Morgan fingerprint density at radius 2 is 1.28 bits per heavy atom. The monoisotopic (exact) mass is 470 g/mol. The fourth-order valence-electron chi connectivity index (χ4n) is 3.12. The summed E-state index contributed by atoms with van der Waals surface area (Å²) >= 11 is 0. The molecular weight excluding hydrogens is 444 g/mol. The van der Waals surface area contributed by atoms with Gasteiger partial charge in [0.2, 0.25) is 0 Å². The van der Waals surface area contributed by atoms with Crippen molar-refractivity contribution in [2.45, 2.75) is 13.1 Å². The predicted octanol–water partition coefficient (Wildman–Crippen LogP) is 7.16. The molecule has 1 aromatic heterocycles. The first-order valence-electron chi connectivity index (χ1n) is 11.3. The maximum Gasteiger partial charge on any atom is 0.113 e. The van der Waals surface area contributed by atoms with Crippen LogP contribution in [-0.2, 0) is 13.1 Å². The quantitative estimate of drug-likeness (QED) is 0.118. The number of hydrogen-bond acceptors (Lipinski definition) is 3. The van der Waals surface area contributed by atoms with E-state index in [-0.39, 0.29) is 0 Å². The molecule has 0 bridgehead atoms. The van der Waals surface area contributed by atoms with Gasteiger partial charge in [0.15, 0.2) is 0 Å². The van der Waals surface area contributed by atoms with E-state index in [0.29, 0.717) is 6.54 Å². The summed E-state index contributed by atoms with van der Waals surface area (Å²) in [5, 5.41) is 11.8. The Bertz CT molecular complexity index is 1370. The number of azide groups is 1. The van der Waals surface area contributed by atoms with Gasteiger partial charge in [-0.3, -0.25) is 0 Å². The molecule has 0 atom stereocenters. The lowest BCUT2D eigenvalue weighted by atomic mass is 10.2. The molecule has 0 radical (unpaired) electrons. The van der Waals surface area contributed by atoms with Gasteiger partial charge in [0.05, 0.1) is 19.3 Å². The zero-order chi connectivity index (χ0) is 25.3.